The molecular weight excluding hydrogens is 154 g/mol. The maximum Gasteiger partial charge on any atom is 0.0648 e. The second-order valence-corrected chi connectivity index (χ2v) is 5.86. The van der Waals surface area contributed by atoms with Crippen molar-refractivity contribution in [2.24, 2.45) is 10.4 Å². The molecule has 1 atom stereocenters. The third-order valence-electron chi connectivity index (χ3n) is 1.69. The van der Waals surface area contributed by atoms with Crippen LogP contribution in [0.4, 0.5) is 0 Å². The predicted molar refractivity (Wildman–Crippen MR) is 53.4 cm³/mol. The topological polar surface area (TPSA) is 12.4 Å². The van der Waals surface area contributed by atoms with Crippen LogP contribution >= 0.6 is 11.8 Å². The zero-order chi connectivity index (χ0) is 8.48. The molecule has 0 amide bonds. The molecule has 0 saturated heterocycles. The maximum absolute atomic E-state index is 4.38. The average molecular weight is 171 g/mol. The molecular formula is C9H17NS. The van der Waals surface area contributed by atoms with Crippen LogP contribution in [0, 0.1) is 5.41 Å². The van der Waals surface area contributed by atoms with Crippen LogP contribution in [0.1, 0.15) is 34.1 Å². The van der Waals surface area contributed by atoms with Gasteiger partial charge in [-0.15, -0.1) is 11.8 Å². The highest BCUT2D eigenvalue weighted by molar-refractivity contribution is 8.14. The number of rotatable bonds is 1. The molecule has 1 aliphatic heterocycles. The molecule has 0 radical (unpaired) electrons. The van der Waals surface area contributed by atoms with Crippen LogP contribution in [0.3, 0.4) is 0 Å². The Labute approximate surface area is 73.7 Å². The van der Waals surface area contributed by atoms with Gasteiger partial charge in [0.2, 0.25) is 0 Å². The molecule has 0 spiro atoms. The molecule has 1 aliphatic rings. The first-order chi connectivity index (χ1) is 4.97. The van der Waals surface area contributed by atoms with Crippen molar-refractivity contribution in [2.45, 2.75) is 39.4 Å². The summed E-state index contributed by atoms with van der Waals surface area (Å²) in [5.74, 6) is 0. The van der Waals surface area contributed by atoms with Crippen molar-refractivity contribution >= 4 is 16.8 Å². The lowest BCUT2D eigenvalue weighted by atomic mass is 9.90. The van der Waals surface area contributed by atoms with Crippen LogP contribution in [-0.2, 0) is 0 Å². The van der Waals surface area contributed by atoms with E-state index < -0.39 is 0 Å². The van der Waals surface area contributed by atoms with Gasteiger partial charge in [-0.2, -0.15) is 0 Å². The SMILES string of the molecule is CC1=NCC(CC(C)(C)C)S1. The first-order valence-corrected chi connectivity index (χ1v) is 5.03. The zero-order valence-corrected chi connectivity index (χ0v) is 8.66. The highest BCUT2D eigenvalue weighted by Crippen LogP contribution is 2.31. The summed E-state index contributed by atoms with van der Waals surface area (Å²) in [6.45, 7) is 10.0. The third-order valence-corrected chi connectivity index (χ3v) is 2.81. The molecule has 2 heteroatoms. The Morgan fingerprint density at radius 2 is 2.18 bits per heavy atom. The molecule has 0 aromatic carbocycles. The second-order valence-electron chi connectivity index (χ2n) is 4.36. The second kappa shape index (κ2) is 3.18. The highest BCUT2D eigenvalue weighted by atomic mass is 32.2. The van der Waals surface area contributed by atoms with Gasteiger partial charge >= 0.3 is 0 Å². The van der Waals surface area contributed by atoms with Gasteiger partial charge in [-0.1, -0.05) is 20.8 Å². The third kappa shape index (κ3) is 3.28. The van der Waals surface area contributed by atoms with E-state index in [1.54, 1.807) is 0 Å². The van der Waals surface area contributed by atoms with Gasteiger partial charge in [0.15, 0.2) is 0 Å². The minimum Gasteiger partial charge on any atom is -0.282 e. The van der Waals surface area contributed by atoms with E-state index in [2.05, 4.69) is 32.7 Å². The summed E-state index contributed by atoms with van der Waals surface area (Å²) >= 11 is 1.94. The molecule has 1 rings (SSSR count). The fraction of sp³-hybridized carbons (Fsp3) is 0.889. The fourth-order valence-corrected chi connectivity index (χ4v) is 2.70. The van der Waals surface area contributed by atoms with Gasteiger partial charge in [-0.05, 0) is 18.8 Å². The molecule has 0 aromatic rings. The molecule has 1 nitrogen and oxygen atoms in total. The van der Waals surface area contributed by atoms with Gasteiger partial charge in [0, 0.05) is 5.25 Å². The molecule has 1 unspecified atom stereocenters. The van der Waals surface area contributed by atoms with Gasteiger partial charge in [-0.3, -0.25) is 4.99 Å². The van der Waals surface area contributed by atoms with Crippen LogP contribution in [0.15, 0.2) is 4.99 Å². The van der Waals surface area contributed by atoms with E-state index in [4.69, 9.17) is 0 Å². The summed E-state index contributed by atoms with van der Waals surface area (Å²) in [5, 5.41) is 2.01. The van der Waals surface area contributed by atoms with E-state index in [0.29, 0.717) is 5.41 Å². The number of aliphatic imine (C=N–C) groups is 1. The Bertz CT molecular complexity index is 167. The van der Waals surface area contributed by atoms with Gasteiger partial charge in [0.25, 0.3) is 0 Å². The normalized spacial score (nSPS) is 25.5. The number of thioether (sulfide) groups is 1. The van der Waals surface area contributed by atoms with Crippen molar-refractivity contribution in [3.8, 4) is 0 Å². The van der Waals surface area contributed by atoms with Crippen molar-refractivity contribution in [3.05, 3.63) is 0 Å². The minimum absolute atomic E-state index is 0.456. The van der Waals surface area contributed by atoms with Crippen molar-refractivity contribution in [2.75, 3.05) is 6.54 Å². The fourth-order valence-electron chi connectivity index (χ4n) is 1.34. The molecule has 0 saturated carbocycles. The van der Waals surface area contributed by atoms with Crippen molar-refractivity contribution in [3.63, 3.8) is 0 Å². The average Bonchev–Trinajstić information content (AvgIpc) is 2.10. The minimum atomic E-state index is 0.456. The van der Waals surface area contributed by atoms with E-state index in [1.807, 2.05) is 11.8 Å². The molecule has 64 valence electrons. The van der Waals surface area contributed by atoms with Crippen LogP contribution in [0.25, 0.3) is 0 Å². The molecule has 0 N–H and O–H groups in total. The predicted octanol–water partition coefficient (Wildman–Crippen LogP) is 2.96. The van der Waals surface area contributed by atoms with Gasteiger partial charge in [-0.25, -0.2) is 0 Å². The smallest absolute Gasteiger partial charge is 0.0648 e. The van der Waals surface area contributed by atoms with Crippen molar-refractivity contribution < 1.29 is 0 Å². The summed E-state index contributed by atoms with van der Waals surface area (Å²) in [7, 11) is 0. The van der Waals surface area contributed by atoms with E-state index in [0.717, 1.165) is 11.8 Å². The standard InChI is InChI=1S/C9H17NS/c1-7-10-6-8(11-7)5-9(2,3)4/h8H,5-6H2,1-4H3. The van der Waals surface area contributed by atoms with Gasteiger partial charge < -0.3 is 0 Å². The Hall–Kier alpha value is 0.0200. The highest BCUT2D eigenvalue weighted by Gasteiger charge is 2.22. The van der Waals surface area contributed by atoms with Gasteiger partial charge in [0.05, 0.1) is 11.6 Å². The molecule has 1 heterocycles. The summed E-state index contributed by atoms with van der Waals surface area (Å²) in [4.78, 5) is 4.38. The molecule has 11 heavy (non-hydrogen) atoms. The zero-order valence-electron chi connectivity index (χ0n) is 7.85. The lowest BCUT2D eigenvalue weighted by Gasteiger charge is -2.21. The lowest BCUT2D eigenvalue weighted by Crippen LogP contribution is -2.15. The van der Waals surface area contributed by atoms with Crippen molar-refractivity contribution in [1.82, 2.24) is 0 Å². The Morgan fingerprint density at radius 1 is 1.55 bits per heavy atom. The van der Waals surface area contributed by atoms with Crippen LogP contribution in [-0.4, -0.2) is 16.8 Å². The summed E-state index contributed by atoms with van der Waals surface area (Å²) < 4.78 is 0. The lowest BCUT2D eigenvalue weighted by molar-refractivity contribution is 0.375. The largest absolute Gasteiger partial charge is 0.282 e. The Kier molecular flexibility index (Phi) is 2.63. The molecule has 0 aromatic heterocycles. The Morgan fingerprint density at radius 3 is 2.55 bits per heavy atom. The molecule has 0 bridgehead atoms. The number of hydrogen-bond donors (Lipinski definition) is 0. The first-order valence-electron chi connectivity index (χ1n) is 4.15. The van der Waals surface area contributed by atoms with E-state index in [9.17, 15) is 0 Å². The maximum atomic E-state index is 4.38. The van der Waals surface area contributed by atoms with Crippen LogP contribution < -0.4 is 0 Å². The van der Waals surface area contributed by atoms with E-state index >= 15 is 0 Å². The van der Waals surface area contributed by atoms with E-state index in [1.165, 1.54) is 11.5 Å². The van der Waals surface area contributed by atoms with E-state index in [-0.39, 0.29) is 0 Å². The quantitative estimate of drug-likeness (QED) is 0.591. The Balaban J connectivity index is 2.32. The monoisotopic (exact) mass is 171 g/mol. The summed E-state index contributed by atoms with van der Waals surface area (Å²) in [5.41, 5.74) is 0.456. The summed E-state index contributed by atoms with van der Waals surface area (Å²) in [6, 6.07) is 0. The molecule has 0 aliphatic carbocycles. The summed E-state index contributed by atoms with van der Waals surface area (Å²) in [6.07, 6.45) is 1.28. The first kappa shape index (κ1) is 9.11. The molecule has 0 fully saturated rings. The number of hydrogen-bond acceptors (Lipinski definition) is 2. The van der Waals surface area contributed by atoms with Crippen LogP contribution in [0.5, 0.6) is 0 Å². The van der Waals surface area contributed by atoms with Crippen molar-refractivity contribution in [1.29, 1.82) is 0 Å². The van der Waals surface area contributed by atoms with Gasteiger partial charge in [0.1, 0.15) is 0 Å². The van der Waals surface area contributed by atoms with Crippen LogP contribution in [0.2, 0.25) is 0 Å². The number of nitrogens with zero attached hydrogens (tertiary/aromatic N) is 1.